The Morgan fingerprint density at radius 1 is 1.42 bits per heavy atom. The van der Waals surface area contributed by atoms with Crippen LogP contribution in [-0.2, 0) is 4.74 Å². The fourth-order valence-corrected chi connectivity index (χ4v) is 3.82. The molecule has 0 spiro atoms. The van der Waals surface area contributed by atoms with Crippen LogP contribution in [0.15, 0.2) is 34.5 Å². The molecule has 1 aromatic heterocycles. The Bertz CT molecular complexity index is 961. The summed E-state index contributed by atoms with van der Waals surface area (Å²) in [6.45, 7) is 12.8. The highest BCUT2D eigenvalue weighted by Gasteiger charge is 2.38. The van der Waals surface area contributed by atoms with Crippen molar-refractivity contribution in [2.75, 3.05) is 24.6 Å². The SMILES string of the molecule is CC1CN(c2nc3ccc(OC/C(=C/F)CNC(=O)OC(C)(C)C)cc3o2)C(C)(C)C1. The van der Waals surface area contributed by atoms with Crippen LogP contribution in [0.25, 0.3) is 11.1 Å². The smallest absolute Gasteiger partial charge is 0.407 e. The summed E-state index contributed by atoms with van der Waals surface area (Å²) < 4.78 is 30.1. The summed E-state index contributed by atoms with van der Waals surface area (Å²) in [5.41, 5.74) is 0.998. The van der Waals surface area contributed by atoms with Gasteiger partial charge in [0.15, 0.2) is 5.58 Å². The molecule has 7 nitrogen and oxygen atoms in total. The van der Waals surface area contributed by atoms with Gasteiger partial charge < -0.3 is 24.1 Å². The van der Waals surface area contributed by atoms with Crippen molar-refractivity contribution in [3.05, 3.63) is 30.1 Å². The molecular formula is C23H32FN3O4. The third kappa shape index (κ3) is 5.89. The minimum absolute atomic E-state index is 0.0116. The highest BCUT2D eigenvalue weighted by molar-refractivity contribution is 5.76. The minimum atomic E-state index is -0.617. The predicted octanol–water partition coefficient (Wildman–Crippen LogP) is 5.21. The van der Waals surface area contributed by atoms with Crippen molar-refractivity contribution in [3.63, 3.8) is 0 Å². The van der Waals surface area contributed by atoms with Gasteiger partial charge in [-0.05, 0) is 59.1 Å². The minimum Gasteiger partial charge on any atom is -0.489 e. The lowest BCUT2D eigenvalue weighted by Crippen LogP contribution is -2.38. The zero-order chi connectivity index (χ0) is 22.8. The first-order valence-electron chi connectivity index (χ1n) is 10.5. The summed E-state index contributed by atoms with van der Waals surface area (Å²) in [6, 6.07) is 5.94. The first kappa shape index (κ1) is 22.9. The number of benzene rings is 1. The number of halogens is 1. The van der Waals surface area contributed by atoms with Gasteiger partial charge in [0.25, 0.3) is 6.01 Å². The highest BCUT2D eigenvalue weighted by atomic mass is 19.1. The molecule has 0 radical (unpaired) electrons. The van der Waals surface area contributed by atoms with Gasteiger partial charge >= 0.3 is 6.09 Å². The van der Waals surface area contributed by atoms with E-state index in [9.17, 15) is 9.18 Å². The second-order valence-corrected chi connectivity index (χ2v) is 9.77. The highest BCUT2D eigenvalue weighted by Crippen LogP contribution is 2.37. The summed E-state index contributed by atoms with van der Waals surface area (Å²) in [6.07, 6.45) is 0.899. The average Bonchev–Trinajstić information content (AvgIpc) is 3.18. The van der Waals surface area contributed by atoms with Crippen LogP contribution in [0, 0.1) is 5.92 Å². The molecule has 8 heteroatoms. The topological polar surface area (TPSA) is 76.8 Å². The van der Waals surface area contributed by atoms with E-state index >= 15 is 0 Å². The summed E-state index contributed by atoms with van der Waals surface area (Å²) in [5.74, 6) is 1.10. The molecule has 1 aromatic carbocycles. The fraction of sp³-hybridized carbons (Fsp3) is 0.565. The summed E-state index contributed by atoms with van der Waals surface area (Å²) >= 11 is 0. The van der Waals surface area contributed by atoms with Gasteiger partial charge in [0.1, 0.15) is 23.5 Å². The van der Waals surface area contributed by atoms with Gasteiger partial charge in [-0.25, -0.2) is 9.18 Å². The number of alkyl carbamates (subject to hydrolysis) is 1. The van der Waals surface area contributed by atoms with Crippen LogP contribution in [0.3, 0.4) is 0 Å². The molecule has 2 aromatic rings. The third-order valence-corrected chi connectivity index (χ3v) is 5.09. The number of carbonyl (C=O) groups is 1. The zero-order valence-corrected chi connectivity index (χ0v) is 19.1. The zero-order valence-electron chi connectivity index (χ0n) is 19.1. The van der Waals surface area contributed by atoms with E-state index in [1.54, 1.807) is 32.9 Å². The van der Waals surface area contributed by atoms with Crippen molar-refractivity contribution >= 4 is 23.2 Å². The Hall–Kier alpha value is -2.77. The number of carbonyl (C=O) groups excluding carboxylic acids is 1. The van der Waals surface area contributed by atoms with E-state index < -0.39 is 11.7 Å². The number of hydrogen-bond acceptors (Lipinski definition) is 6. The second kappa shape index (κ2) is 8.77. The molecule has 1 N–H and O–H groups in total. The van der Waals surface area contributed by atoms with Gasteiger partial charge in [0, 0.05) is 30.3 Å². The van der Waals surface area contributed by atoms with E-state index in [0.29, 0.717) is 29.6 Å². The van der Waals surface area contributed by atoms with E-state index in [-0.39, 0.29) is 24.3 Å². The monoisotopic (exact) mass is 433 g/mol. The molecule has 1 amide bonds. The Labute approximate surface area is 182 Å². The van der Waals surface area contributed by atoms with E-state index in [2.05, 4.69) is 36.0 Å². The maximum atomic E-state index is 13.2. The van der Waals surface area contributed by atoms with E-state index in [1.165, 1.54) is 0 Å². The van der Waals surface area contributed by atoms with Crippen molar-refractivity contribution in [2.24, 2.45) is 5.92 Å². The molecule has 1 fully saturated rings. The van der Waals surface area contributed by atoms with Crippen molar-refractivity contribution < 1.29 is 23.1 Å². The molecule has 1 aliphatic heterocycles. The maximum Gasteiger partial charge on any atom is 0.407 e. The lowest BCUT2D eigenvalue weighted by Gasteiger charge is -2.29. The molecule has 0 bridgehead atoms. The summed E-state index contributed by atoms with van der Waals surface area (Å²) in [5, 5.41) is 2.52. The normalized spacial score (nSPS) is 19.0. The molecule has 3 rings (SSSR count). The molecule has 31 heavy (non-hydrogen) atoms. The molecule has 0 saturated carbocycles. The number of aromatic nitrogens is 1. The maximum absolute atomic E-state index is 13.2. The standard InChI is InChI=1S/C23H32FN3O4/c1-15-10-23(5,6)27(13-15)20-26-18-8-7-17(9-19(18)30-20)29-14-16(11-24)12-25-21(28)31-22(2,3)4/h7-9,11,15H,10,12-14H2,1-6H3,(H,25,28)/b16-11+. The summed E-state index contributed by atoms with van der Waals surface area (Å²) in [7, 11) is 0. The number of hydrogen-bond donors (Lipinski definition) is 1. The van der Waals surface area contributed by atoms with Crippen LogP contribution in [0.4, 0.5) is 15.2 Å². The molecular weight excluding hydrogens is 401 g/mol. The number of oxazole rings is 1. The van der Waals surface area contributed by atoms with E-state index in [1.807, 2.05) is 6.07 Å². The van der Waals surface area contributed by atoms with Crippen LogP contribution < -0.4 is 15.0 Å². The number of amides is 1. The first-order valence-corrected chi connectivity index (χ1v) is 10.5. The Balaban J connectivity index is 1.61. The number of fused-ring (bicyclic) bond motifs is 1. The fourth-order valence-electron chi connectivity index (χ4n) is 3.82. The quantitative estimate of drug-likeness (QED) is 0.674. The second-order valence-electron chi connectivity index (χ2n) is 9.77. The molecule has 1 aliphatic rings. The number of anilines is 1. The molecule has 2 heterocycles. The Kier molecular flexibility index (Phi) is 6.48. The van der Waals surface area contributed by atoms with Gasteiger partial charge in [-0.1, -0.05) is 6.92 Å². The molecule has 1 saturated heterocycles. The van der Waals surface area contributed by atoms with Gasteiger partial charge in [0.05, 0.1) is 6.33 Å². The van der Waals surface area contributed by atoms with E-state index in [0.717, 1.165) is 18.5 Å². The lowest BCUT2D eigenvalue weighted by atomic mass is 9.98. The Morgan fingerprint density at radius 3 is 2.77 bits per heavy atom. The molecule has 1 atom stereocenters. The van der Waals surface area contributed by atoms with Gasteiger partial charge in [-0.3, -0.25) is 0 Å². The van der Waals surface area contributed by atoms with Crippen LogP contribution in [0.5, 0.6) is 5.75 Å². The van der Waals surface area contributed by atoms with Gasteiger partial charge in [0.2, 0.25) is 0 Å². The van der Waals surface area contributed by atoms with Gasteiger partial charge in [-0.15, -0.1) is 0 Å². The number of ether oxygens (including phenoxy) is 2. The van der Waals surface area contributed by atoms with Gasteiger partial charge in [-0.2, -0.15) is 4.98 Å². The van der Waals surface area contributed by atoms with E-state index in [4.69, 9.17) is 13.9 Å². The average molecular weight is 434 g/mol. The van der Waals surface area contributed by atoms with Crippen molar-refractivity contribution in [3.8, 4) is 5.75 Å². The van der Waals surface area contributed by atoms with Crippen LogP contribution >= 0.6 is 0 Å². The molecule has 0 aliphatic carbocycles. The molecule has 1 unspecified atom stereocenters. The number of nitrogens with one attached hydrogen (secondary N) is 1. The van der Waals surface area contributed by atoms with Crippen molar-refractivity contribution in [1.29, 1.82) is 0 Å². The third-order valence-electron chi connectivity index (χ3n) is 5.09. The van der Waals surface area contributed by atoms with Crippen molar-refractivity contribution in [2.45, 2.75) is 59.1 Å². The molecule has 170 valence electrons. The van der Waals surface area contributed by atoms with Crippen molar-refractivity contribution in [1.82, 2.24) is 10.3 Å². The Morgan fingerprint density at radius 2 is 2.16 bits per heavy atom. The van der Waals surface area contributed by atoms with Crippen LogP contribution in [0.2, 0.25) is 0 Å². The first-order chi connectivity index (χ1) is 14.5. The van der Waals surface area contributed by atoms with Crippen LogP contribution in [-0.4, -0.2) is 41.9 Å². The number of nitrogens with zero attached hydrogens (tertiary/aromatic N) is 2. The largest absolute Gasteiger partial charge is 0.489 e. The van der Waals surface area contributed by atoms with Crippen LogP contribution in [0.1, 0.15) is 48.0 Å². The number of rotatable bonds is 6. The lowest BCUT2D eigenvalue weighted by molar-refractivity contribution is 0.0531. The summed E-state index contributed by atoms with van der Waals surface area (Å²) in [4.78, 5) is 18.6. The predicted molar refractivity (Wildman–Crippen MR) is 118 cm³/mol.